The van der Waals surface area contributed by atoms with Crippen LogP contribution in [0.1, 0.15) is 11.1 Å². The van der Waals surface area contributed by atoms with Crippen LogP contribution in [0.25, 0.3) is 0 Å². The molecule has 1 heterocycles. The second kappa shape index (κ2) is 5.43. The molecule has 0 bridgehead atoms. The number of benzene rings is 1. The van der Waals surface area contributed by atoms with Gasteiger partial charge in [-0.3, -0.25) is 4.98 Å². The van der Waals surface area contributed by atoms with Gasteiger partial charge in [-0.05, 0) is 37.1 Å². The van der Waals surface area contributed by atoms with Crippen molar-refractivity contribution in [2.24, 2.45) is 0 Å². The standard InChI is InChI=1S/C14H15FN2/c1-11-13(15)5-2-6-14(11)17-9-7-12-4-3-8-16-10-12/h2-6,8,10,17H,7,9H2,1H3. The first kappa shape index (κ1) is 11.6. The number of nitrogens with zero attached hydrogens (tertiary/aromatic N) is 1. The maximum atomic E-state index is 13.3. The summed E-state index contributed by atoms with van der Waals surface area (Å²) in [6, 6.07) is 9.04. The average molecular weight is 230 g/mol. The van der Waals surface area contributed by atoms with E-state index >= 15 is 0 Å². The molecule has 0 saturated heterocycles. The number of hydrogen-bond donors (Lipinski definition) is 1. The number of nitrogens with one attached hydrogen (secondary N) is 1. The quantitative estimate of drug-likeness (QED) is 0.872. The highest BCUT2D eigenvalue weighted by atomic mass is 19.1. The molecule has 0 spiro atoms. The van der Waals surface area contributed by atoms with Gasteiger partial charge in [0.1, 0.15) is 5.82 Å². The van der Waals surface area contributed by atoms with Gasteiger partial charge in [0.15, 0.2) is 0 Å². The topological polar surface area (TPSA) is 24.9 Å². The van der Waals surface area contributed by atoms with Gasteiger partial charge in [0.25, 0.3) is 0 Å². The molecular weight excluding hydrogens is 215 g/mol. The Morgan fingerprint density at radius 2 is 2.12 bits per heavy atom. The largest absolute Gasteiger partial charge is 0.384 e. The Morgan fingerprint density at radius 1 is 1.24 bits per heavy atom. The number of anilines is 1. The molecule has 1 aromatic carbocycles. The Balaban J connectivity index is 1.93. The van der Waals surface area contributed by atoms with Crippen molar-refractivity contribution < 1.29 is 4.39 Å². The normalized spacial score (nSPS) is 10.2. The van der Waals surface area contributed by atoms with Crippen LogP contribution in [-0.2, 0) is 6.42 Å². The third-order valence-electron chi connectivity index (χ3n) is 2.72. The lowest BCUT2D eigenvalue weighted by molar-refractivity contribution is 0.619. The van der Waals surface area contributed by atoms with Crippen molar-refractivity contribution >= 4 is 5.69 Å². The molecule has 2 rings (SSSR count). The summed E-state index contributed by atoms with van der Waals surface area (Å²) in [6.07, 6.45) is 4.48. The summed E-state index contributed by atoms with van der Waals surface area (Å²) < 4.78 is 13.3. The van der Waals surface area contributed by atoms with Crippen molar-refractivity contribution in [2.45, 2.75) is 13.3 Å². The van der Waals surface area contributed by atoms with Crippen molar-refractivity contribution in [2.75, 3.05) is 11.9 Å². The minimum Gasteiger partial charge on any atom is -0.384 e. The van der Waals surface area contributed by atoms with Crippen LogP contribution in [0.4, 0.5) is 10.1 Å². The number of hydrogen-bond acceptors (Lipinski definition) is 2. The van der Waals surface area contributed by atoms with Gasteiger partial charge >= 0.3 is 0 Å². The van der Waals surface area contributed by atoms with Gasteiger partial charge in [0.05, 0.1) is 0 Å². The first-order valence-electron chi connectivity index (χ1n) is 5.65. The zero-order valence-electron chi connectivity index (χ0n) is 9.78. The summed E-state index contributed by atoms with van der Waals surface area (Å²) in [5.74, 6) is -0.170. The second-order valence-corrected chi connectivity index (χ2v) is 3.95. The van der Waals surface area contributed by atoms with Crippen LogP contribution >= 0.6 is 0 Å². The maximum Gasteiger partial charge on any atom is 0.128 e. The number of aromatic nitrogens is 1. The molecule has 88 valence electrons. The summed E-state index contributed by atoms with van der Waals surface area (Å²) in [4.78, 5) is 4.05. The zero-order valence-corrected chi connectivity index (χ0v) is 9.78. The van der Waals surface area contributed by atoms with Crippen LogP contribution in [0.3, 0.4) is 0 Å². The van der Waals surface area contributed by atoms with Crippen molar-refractivity contribution in [1.82, 2.24) is 4.98 Å². The number of rotatable bonds is 4. The molecule has 17 heavy (non-hydrogen) atoms. The van der Waals surface area contributed by atoms with E-state index in [2.05, 4.69) is 10.3 Å². The molecule has 0 aliphatic carbocycles. The fourth-order valence-corrected chi connectivity index (χ4v) is 1.69. The van der Waals surface area contributed by atoms with Crippen LogP contribution in [0.5, 0.6) is 0 Å². The molecule has 0 atom stereocenters. The predicted molar refractivity (Wildman–Crippen MR) is 67.6 cm³/mol. The van der Waals surface area contributed by atoms with Crippen molar-refractivity contribution in [1.29, 1.82) is 0 Å². The zero-order chi connectivity index (χ0) is 12.1. The predicted octanol–water partition coefficient (Wildman–Crippen LogP) is 3.18. The fraction of sp³-hybridized carbons (Fsp3) is 0.214. The SMILES string of the molecule is Cc1c(F)cccc1NCCc1cccnc1. The lowest BCUT2D eigenvalue weighted by Gasteiger charge is -2.09. The van der Waals surface area contributed by atoms with E-state index in [1.54, 1.807) is 19.2 Å². The van der Waals surface area contributed by atoms with Crippen LogP contribution in [-0.4, -0.2) is 11.5 Å². The highest BCUT2D eigenvalue weighted by molar-refractivity contribution is 5.50. The minimum absolute atomic E-state index is 0.170. The molecule has 2 aromatic rings. The van der Waals surface area contributed by atoms with Crippen molar-refractivity contribution in [3.63, 3.8) is 0 Å². The summed E-state index contributed by atoms with van der Waals surface area (Å²) in [6.45, 7) is 2.55. The summed E-state index contributed by atoms with van der Waals surface area (Å²) in [7, 11) is 0. The first-order valence-corrected chi connectivity index (χ1v) is 5.65. The molecule has 0 fully saturated rings. The van der Waals surface area contributed by atoms with Crippen molar-refractivity contribution in [3.8, 4) is 0 Å². The van der Waals surface area contributed by atoms with Gasteiger partial charge in [-0.1, -0.05) is 12.1 Å². The van der Waals surface area contributed by atoms with Gasteiger partial charge in [-0.25, -0.2) is 4.39 Å². The van der Waals surface area contributed by atoms with E-state index < -0.39 is 0 Å². The Morgan fingerprint density at radius 3 is 2.88 bits per heavy atom. The van der Waals surface area contributed by atoms with Crippen LogP contribution in [0, 0.1) is 12.7 Å². The molecule has 0 aliphatic heterocycles. The molecule has 3 heteroatoms. The highest BCUT2D eigenvalue weighted by Gasteiger charge is 2.02. The van der Waals surface area contributed by atoms with Gasteiger partial charge in [-0.2, -0.15) is 0 Å². The van der Waals surface area contributed by atoms with Gasteiger partial charge in [0, 0.05) is 30.2 Å². The Hall–Kier alpha value is -1.90. The molecule has 0 saturated carbocycles. The fourth-order valence-electron chi connectivity index (χ4n) is 1.69. The number of halogens is 1. The molecule has 1 aromatic heterocycles. The van der Waals surface area contributed by atoms with Crippen molar-refractivity contribution in [3.05, 3.63) is 59.7 Å². The molecule has 1 N–H and O–H groups in total. The van der Waals surface area contributed by atoms with Gasteiger partial charge < -0.3 is 5.32 Å². The summed E-state index contributed by atoms with van der Waals surface area (Å²) >= 11 is 0. The van der Waals surface area contributed by atoms with Gasteiger partial charge in [-0.15, -0.1) is 0 Å². The third kappa shape index (κ3) is 3.03. The van der Waals surface area contributed by atoms with E-state index in [4.69, 9.17) is 0 Å². The van der Waals surface area contributed by atoms with E-state index in [-0.39, 0.29) is 5.82 Å². The molecule has 0 unspecified atom stereocenters. The second-order valence-electron chi connectivity index (χ2n) is 3.95. The molecule has 0 radical (unpaired) electrons. The van der Waals surface area contributed by atoms with E-state index in [1.165, 1.54) is 11.6 Å². The van der Waals surface area contributed by atoms with E-state index in [9.17, 15) is 4.39 Å². The third-order valence-corrected chi connectivity index (χ3v) is 2.72. The van der Waals surface area contributed by atoms with Crippen LogP contribution in [0.2, 0.25) is 0 Å². The molecule has 2 nitrogen and oxygen atoms in total. The minimum atomic E-state index is -0.170. The maximum absolute atomic E-state index is 13.3. The average Bonchev–Trinajstić information content (AvgIpc) is 2.36. The first-order chi connectivity index (χ1) is 8.27. The molecule has 0 aliphatic rings. The lowest BCUT2D eigenvalue weighted by Crippen LogP contribution is -2.06. The van der Waals surface area contributed by atoms with Crippen LogP contribution < -0.4 is 5.32 Å². The van der Waals surface area contributed by atoms with E-state index in [0.717, 1.165) is 18.7 Å². The molecular formula is C14H15FN2. The smallest absolute Gasteiger partial charge is 0.128 e. The van der Waals surface area contributed by atoms with Crippen LogP contribution in [0.15, 0.2) is 42.7 Å². The Bertz CT molecular complexity index is 483. The lowest BCUT2D eigenvalue weighted by atomic mass is 10.1. The van der Waals surface area contributed by atoms with Gasteiger partial charge in [0.2, 0.25) is 0 Å². The monoisotopic (exact) mass is 230 g/mol. The summed E-state index contributed by atoms with van der Waals surface area (Å²) in [5.41, 5.74) is 2.70. The highest BCUT2D eigenvalue weighted by Crippen LogP contribution is 2.17. The Kier molecular flexibility index (Phi) is 3.70. The number of pyridine rings is 1. The molecule has 0 amide bonds. The summed E-state index contributed by atoms with van der Waals surface area (Å²) in [5, 5.41) is 3.23. The van der Waals surface area contributed by atoms with E-state index in [0.29, 0.717) is 5.56 Å². The van der Waals surface area contributed by atoms with E-state index in [1.807, 2.05) is 24.4 Å². The Labute approximate surface area is 101 Å².